The largest absolute Gasteiger partial charge is 0.345 e. The van der Waals surface area contributed by atoms with E-state index in [0.29, 0.717) is 0 Å². The minimum Gasteiger partial charge on any atom is -0.345 e. The minimum atomic E-state index is -0.425. The molecule has 100 valence electrons. The molecule has 17 heavy (non-hydrogen) atoms. The summed E-state index contributed by atoms with van der Waals surface area (Å²) in [6, 6.07) is -0.706. The Morgan fingerprint density at radius 3 is 1.82 bits per heavy atom. The molecular formula is C13H26N2O2. The zero-order valence-corrected chi connectivity index (χ0v) is 12.0. The summed E-state index contributed by atoms with van der Waals surface area (Å²) in [4.78, 5) is 23.2. The van der Waals surface area contributed by atoms with E-state index in [1.807, 2.05) is 34.6 Å². The van der Waals surface area contributed by atoms with Crippen LogP contribution in [0.3, 0.4) is 0 Å². The molecule has 1 unspecified atom stereocenters. The van der Waals surface area contributed by atoms with Gasteiger partial charge in [-0.15, -0.1) is 0 Å². The van der Waals surface area contributed by atoms with Gasteiger partial charge in [-0.05, 0) is 40.5 Å². The second kappa shape index (κ2) is 6.15. The second-order valence-electron chi connectivity index (χ2n) is 5.96. The number of nitrogens with one attached hydrogen (secondary N) is 2. The molecule has 0 aromatic heterocycles. The highest BCUT2D eigenvalue weighted by atomic mass is 16.2. The van der Waals surface area contributed by atoms with Gasteiger partial charge in [0, 0.05) is 5.54 Å². The molecule has 0 spiro atoms. The lowest BCUT2D eigenvalue weighted by atomic mass is 9.98. The summed E-state index contributed by atoms with van der Waals surface area (Å²) in [5, 5.41) is 6.01. The number of rotatable bonds is 5. The van der Waals surface area contributed by atoms with Gasteiger partial charge in [-0.3, -0.25) is 9.59 Å². The molecule has 0 aliphatic rings. The molecule has 0 saturated heterocycles. The normalized spacial score (nSPS) is 15.5. The monoisotopic (exact) mass is 242 g/mol. The second-order valence-corrected chi connectivity index (χ2v) is 5.96. The molecular weight excluding hydrogens is 216 g/mol. The Morgan fingerprint density at radius 1 is 1.06 bits per heavy atom. The topological polar surface area (TPSA) is 58.2 Å². The Bertz CT molecular complexity index is 280. The third kappa shape index (κ3) is 6.41. The smallest absolute Gasteiger partial charge is 0.237 e. The van der Waals surface area contributed by atoms with E-state index in [1.54, 1.807) is 6.92 Å². The van der Waals surface area contributed by atoms with Gasteiger partial charge in [-0.25, -0.2) is 0 Å². The van der Waals surface area contributed by atoms with E-state index in [1.165, 1.54) is 6.92 Å². The first-order valence-corrected chi connectivity index (χ1v) is 6.13. The summed E-state index contributed by atoms with van der Waals surface area (Å²) < 4.78 is 0. The molecule has 4 nitrogen and oxygen atoms in total. The molecule has 4 heteroatoms. The molecule has 0 fully saturated rings. The predicted molar refractivity (Wildman–Crippen MR) is 69.8 cm³/mol. The van der Waals surface area contributed by atoms with Crippen LogP contribution in [0.25, 0.3) is 0 Å². The van der Waals surface area contributed by atoms with Gasteiger partial charge in [0.1, 0.15) is 0 Å². The highest BCUT2D eigenvalue weighted by Gasteiger charge is 2.27. The number of Topliss-reactive ketones (excluding diaryl/α,β-unsaturated/α-hetero) is 1. The summed E-state index contributed by atoms with van der Waals surface area (Å²) >= 11 is 0. The van der Waals surface area contributed by atoms with E-state index in [4.69, 9.17) is 0 Å². The van der Waals surface area contributed by atoms with Crippen molar-refractivity contribution >= 4 is 11.7 Å². The quantitative estimate of drug-likeness (QED) is 0.768. The highest BCUT2D eigenvalue weighted by molar-refractivity contribution is 5.89. The lowest BCUT2D eigenvalue weighted by Crippen LogP contribution is -2.56. The molecule has 2 atom stereocenters. The number of hydrogen-bond donors (Lipinski definition) is 2. The van der Waals surface area contributed by atoms with Crippen molar-refractivity contribution in [1.82, 2.24) is 10.6 Å². The van der Waals surface area contributed by atoms with Crippen molar-refractivity contribution in [3.63, 3.8) is 0 Å². The zero-order valence-electron chi connectivity index (χ0n) is 12.0. The molecule has 0 radical (unpaired) electrons. The van der Waals surface area contributed by atoms with E-state index in [9.17, 15) is 9.59 Å². The van der Waals surface area contributed by atoms with Crippen LogP contribution in [0.5, 0.6) is 0 Å². The number of carbonyl (C=O) groups is 2. The number of hydrogen-bond acceptors (Lipinski definition) is 3. The zero-order chi connectivity index (χ0) is 13.8. The van der Waals surface area contributed by atoms with Crippen LogP contribution in [-0.4, -0.2) is 29.3 Å². The summed E-state index contributed by atoms with van der Waals surface area (Å²) in [5.74, 6) is 0.0302. The van der Waals surface area contributed by atoms with Crippen LogP contribution in [0.1, 0.15) is 48.5 Å². The fourth-order valence-electron chi connectivity index (χ4n) is 1.41. The summed E-state index contributed by atoms with van der Waals surface area (Å²) in [5.41, 5.74) is -0.133. The Labute approximate surface area is 105 Å². The number of ketones is 1. The van der Waals surface area contributed by atoms with Gasteiger partial charge in [0.05, 0.1) is 12.1 Å². The molecule has 0 aliphatic heterocycles. The van der Waals surface area contributed by atoms with Crippen molar-refractivity contribution < 1.29 is 9.59 Å². The fourth-order valence-corrected chi connectivity index (χ4v) is 1.41. The Hall–Kier alpha value is -0.900. The van der Waals surface area contributed by atoms with Crippen LogP contribution in [0.15, 0.2) is 0 Å². The van der Waals surface area contributed by atoms with E-state index >= 15 is 0 Å². The highest BCUT2D eigenvalue weighted by Crippen LogP contribution is 2.09. The van der Waals surface area contributed by atoms with E-state index < -0.39 is 6.04 Å². The first kappa shape index (κ1) is 16.1. The molecule has 0 aromatic rings. The Morgan fingerprint density at radius 2 is 1.53 bits per heavy atom. The third-order valence-electron chi connectivity index (χ3n) is 2.51. The summed E-state index contributed by atoms with van der Waals surface area (Å²) in [6.07, 6.45) is 0. The lowest BCUT2D eigenvalue weighted by molar-refractivity contribution is -0.129. The molecule has 0 heterocycles. The van der Waals surface area contributed by atoms with Gasteiger partial charge in [-0.1, -0.05) is 13.8 Å². The molecule has 2 N–H and O–H groups in total. The molecule has 0 aromatic carbocycles. The van der Waals surface area contributed by atoms with Gasteiger partial charge in [-0.2, -0.15) is 0 Å². The van der Waals surface area contributed by atoms with Crippen molar-refractivity contribution in [2.45, 2.75) is 66.1 Å². The van der Waals surface area contributed by atoms with Crippen LogP contribution in [-0.2, 0) is 9.59 Å². The molecule has 0 aliphatic carbocycles. The van der Waals surface area contributed by atoms with Crippen LogP contribution >= 0.6 is 0 Å². The van der Waals surface area contributed by atoms with Crippen molar-refractivity contribution in [2.75, 3.05) is 0 Å². The average molecular weight is 242 g/mol. The molecule has 0 rings (SSSR count). The van der Waals surface area contributed by atoms with E-state index in [0.717, 1.165) is 0 Å². The van der Waals surface area contributed by atoms with Crippen molar-refractivity contribution in [2.24, 2.45) is 5.92 Å². The van der Waals surface area contributed by atoms with Gasteiger partial charge in [0.2, 0.25) is 5.91 Å². The third-order valence-corrected chi connectivity index (χ3v) is 2.51. The SMILES string of the molecule is CC(=O)[C@H](C)NC(=O)C(NC(C)(C)C)C(C)C. The molecule has 1 amide bonds. The van der Waals surface area contributed by atoms with Gasteiger partial charge in [0.15, 0.2) is 5.78 Å². The van der Waals surface area contributed by atoms with Crippen LogP contribution in [0.2, 0.25) is 0 Å². The van der Waals surface area contributed by atoms with Crippen LogP contribution in [0.4, 0.5) is 0 Å². The Kier molecular flexibility index (Phi) is 5.82. The maximum Gasteiger partial charge on any atom is 0.237 e. The van der Waals surface area contributed by atoms with Crippen molar-refractivity contribution in [1.29, 1.82) is 0 Å². The lowest BCUT2D eigenvalue weighted by Gasteiger charge is -2.30. The minimum absolute atomic E-state index is 0.0309. The Balaban J connectivity index is 4.62. The van der Waals surface area contributed by atoms with Gasteiger partial charge < -0.3 is 10.6 Å². The van der Waals surface area contributed by atoms with Crippen LogP contribution < -0.4 is 10.6 Å². The van der Waals surface area contributed by atoms with Crippen LogP contribution in [0, 0.1) is 5.92 Å². The standard InChI is InChI=1S/C13H26N2O2/c1-8(2)11(15-13(5,6)7)12(17)14-9(3)10(4)16/h8-9,11,15H,1-7H3,(H,14,17)/t9-,11?/m0/s1. The molecule has 0 saturated carbocycles. The van der Waals surface area contributed by atoms with E-state index in [-0.39, 0.29) is 29.2 Å². The first-order chi connectivity index (χ1) is 7.54. The maximum absolute atomic E-state index is 12.1. The molecule has 0 bridgehead atoms. The first-order valence-electron chi connectivity index (χ1n) is 6.13. The maximum atomic E-state index is 12.1. The predicted octanol–water partition coefficient (Wildman–Crippen LogP) is 1.49. The van der Waals surface area contributed by atoms with Gasteiger partial charge in [0.25, 0.3) is 0 Å². The number of amides is 1. The van der Waals surface area contributed by atoms with Crippen molar-refractivity contribution in [3.05, 3.63) is 0 Å². The van der Waals surface area contributed by atoms with E-state index in [2.05, 4.69) is 10.6 Å². The average Bonchev–Trinajstić information content (AvgIpc) is 2.11. The summed E-state index contributed by atoms with van der Waals surface area (Å²) in [6.45, 7) is 13.2. The van der Waals surface area contributed by atoms with Gasteiger partial charge >= 0.3 is 0 Å². The van der Waals surface area contributed by atoms with Crippen molar-refractivity contribution in [3.8, 4) is 0 Å². The summed E-state index contributed by atoms with van der Waals surface area (Å²) in [7, 11) is 0. The fraction of sp³-hybridized carbons (Fsp3) is 0.846. The number of carbonyl (C=O) groups excluding carboxylic acids is 2.